The van der Waals surface area contributed by atoms with E-state index in [1.54, 1.807) is 18.5 Å². The van der Waals surface area contributed by atoms with E-state index in [1.807, 2.05) is 33.8 Å². The third-order valence-corrected chi connectivity index (χ3v) is 3.56. The quantitative estimate of drug-likeness (QED) is 0.766. The molecule has 1 aliphatic heterocycles. The summed E-state index contributed by atoms with van der Waals surface area (Å²) in [5.74, 6) is 0.536. The Balaban J connectivity index is 2.18. The SMILES string of the molecule is CC1(C)OB(c2cncc(OCC#N)c2)OC1(C)C. The van der Waals surface area contributed by atoms with Crippen LogP contribution in [0, 0.1) is 11.3 Å². The maximum absolute atomic E-state index is 8.50. The van der Waals surface area contributed by atoms with Crippen molar-refractivity contribution in [2.45, 2.75) is 38.9 Å². The van der Waals surface area contributed by atoms with Crippen LogP contribution in [-0.2, 0) is 9.31 Å². The number of aromatic nitrogens is 1. The monoisotopic (exact) mass is 260 g/mol. The Morgan fingerprint density at radius 3 is 2.47 bits per heavy atom. The van der Waals surface area contributed by atoms with Crippen LogP contribution in [0.25, 0.3) is 0 Å². The minimum Gasteiger partial charge on any atom is -0.477 e. The van der Waals surface area contributed by atoms with Crippen molar-refractivity contribution in [1.82, 2.24) is 4.98 Å². The molecule has 1 saturated heterocycles. The molecule has 2 rings (SSSR count). The highest BCUT2D eigenvalue weighted by atomic mass is 16.7. The molecule has 0 N–H and O–H groups in total. The highest BCUT2D eigenvalue weighted by Crippen LogP contribution is 2.36. The second kappa shape index (κ2) is 4.84. The van der Waals surface area contributed by atoms with Crippen molar-refractivity contribution in [1.29, 1.82) is 5.26 Å². The zero-order valence-electron chi connectivity index (χ0n) is 11.6. The third-order valence-electron chi connectivity index (χ3n) is 3.56. The van der Waals surface area contributed by atoms with Crippen LogP contribution in [0.15, 0.2) is 18.5 Å². The molecule has 0 unspecified atom stereocenters. The van der Waals surface area contributed by atoms with Crippen LogP contribution in [0.3, 0.4) is 0 Å². The molecular weight excluding hydrogens is 243 g/mol. The molecule has 1 fully saturated rings. The molecule has 0 saturated carbocycles. The summed E-state index contributed by atoms with van der Waals surface area (Å²) >= 11 is 0. The van der Waals surface area contributed by atoms with Crippen molar-refractivity contribution >= 4 is 12.6 Å². The van der Waals surface area contributed by atoms with Gasteiger partial charge in [-0.25, -0.2) is 0 Å². The predicted molar refractivity (Wildman–Crippen MR) is 71.1 cm³/mol. The van der Waals surface area contributed by atoms with E-state index in [-0.39, 0.29) is 17.8 Å². The van der Waals surface area contributed by atoms with Crippen LogP contribution in [-0.4, -0.2) is 29.9 Å². The van der Waals surface area contributed by atoms with Gasteiger partial charge in [-0.3, -0.25) is 4.98 Å². The Bertz CT molecular complexity index is 495. The number of nitrogens with zero attached hydrogens (tertiary/aromatic N) is 2. The van der Waals surface area contributed by atoms with Gasteiger partial charge in [0, 0.05) is 11.7 Å². The summed E-state index contributed by atoms with van der Waals surface area (Å²) in [6, 6.07) is 3.70. The molecule has 6 heteroatoms. The summed E-state index contributed by atoms with van der Waals surface area (Å²) in [4.78, 5) is 4.08. The smallest absolute Gasteiger partial charge is 0.477 e. The van der Waals surface area contributed by atoms with E-state index in [0.29, 0.717) is 5.75 Å². The van der Waals surface area contributed by atoms with Gasteiger partial charge in [-0.15, -0.1) is 0 Å². The predicted octanol–water partition coefficient (Wildman–Crippen LogP) is 1.28. The lowest BCUT2D eigenvalue weighted by Gasteiger charge is -2.32. The first-order valence-corrected chi connectivity index (χ1v) is 6.16. The van der Waals surface area contributed by atoms with E-state index in [2.05, 4.69) is 4.98 Å². The van der Waals surface area contributed by atoms with Crippen molar-refractivity contribution < 1.29 is 14.0 Å². The highest BCUT2D eigenvalue weighted by molar-refractivity contribution is 6.62. The van der Waals surface area contributed by atoms with E-state index >= 15 is 0 Å². The topological polar surface area (TPSA) is 64.4 Å². The molecular formula is C13H17BN2O3. The Kier molecular flexibility index (Phi) is 3.53. The average Bonchev–Trinajstić information content (AvgIpc) is 2.56. The van der Waals surface area contributed by atoms with Crippen LogP contribution >= 0.6 is 0 Å². The van der Waals surface area contributed by atoms with Gasteiger partial charge < -0.3 is 14.0 Å². The van der Waals surface area contributed by atoms with Gasteiger partial charge in [-0.1, -0.05) is 0 Å². The van der Waals surface area contributed by atoms with Gasteiger partial charge in [0.25, 0.3) is 0 Å². The molecule has 0 radical (unpaired) electrons. The molecule has 100 valence electrons. The van der Waals surface area contributed by atoms with E-state index in [4.69, 9.17) is 19.3 Å². The minimum atomic E-state index is -0.469. The molecule has 0 atom stereocenters. The van der Waals surface area contributed by atoms with Crippen LogP contribution in [0.1, 0.15) is 27.7 Å². The second-order valence-electron chi connectivity index (χ2n) is 5.49. The number of hydrogen-bond acceptors (Lipinski definition) is 5. The zero-order chi connectivity index (χ0) is 14.1. The fourth-order valence-electron chi connectivity index (χ4n) is 1.74. The van der Waals surface area contributed by atoms with Crippen LogP contribution in [0.2, 0.25) is 0 Å². The van der Waals surface area contributed by atoms with Crippen LogP contribution < -0.4 is 10.2 Å². The molecule has 0 spiro atoms. The fourth-order valence-corrected chi connectivity index (χ4v) is 1.74. The standard InChI is InChI=1S/C13H17BN2O3/c1-12(2)13(3,4)19-14(18-12)10-7-11(9-16-8-10)17-6-5-15/h7-9H,6H2,1-4H3. The van der Waals surface area contributed by atoms with Gasteiger partial charge in [-0.05, 0) is 33.8 Å². The molecule has 0 aliphatic carbocycles. The van der Waals surface area contributed by atoms with Crippen LogP contribution in [0.4, 0.5) is 0 Å². The average molecular weight is 260 g/mol. The number of pyridine rings is 1. The Labute approximate surface area is 113 Å². The van der Waals surface area contributed by atoms with E-state index in [0.717, 1.165) is 5.46 Å². The third kappa shape index (κ3) is 2.72. The largest absolute Gasteiger partial charge is 0.496 e. The summed E-state index contributed by atoms with van der Waals surface area (Å²) in [5.41, 5.74) is 0.0108. The normalized spacial score (nSPS) is 20.1. The van der Waals surface area contributed by atoms with Crippen LogP contribution in [0.5, 0.6) is 5.75 Å². The minimum absolute atomic E-state index is 0.00546. The molecule has 0 bridgehead atoms. The van der Waals surface area contributed by atoms with Crippen molar-refractivity contribution in [3.05, 3.63) is 18.5 Å². The maximum atomic E-state index is 8.50. The lowest BCUT2D eigenvalue weighted by molar-refractivity contribution is 0.00578. The maximum Gasteiger partial charge on any atom is 0.496 e. The van der Waals surface area contributed by atoms with Gasteiger partial charge in [0.2, 0.25) is 0 Å². The summed E-state index contributed by atoms with van der Waals surface area (Å²) in [7, 11) is -0.469. The number of rotatable bonds is 3. The van der Waals surface area contributed by atoms with Crippen molar-refractivity contribution in [2.75, 3.05) is 6.61 Å². The summed E-state index contributed by atoms with van der Waals surface area (Å²) in [6.07, 6.45) is 3.24. The molecule has 1 aromatic rings. The molecule has 0 aromatic carbocycles. The first-order chi connectivity index (χ1) is 8.86. The molecule has 1 aromatic heterocycles. The summed E-state index contributed by atoms with van der Waals surface area (Å²) in [5, 5.41) is 8.50. The summed E-state index contributed by atoms with van der Waals surface area (Å²) < 4.78 is 17.1. The van der Waals surface area contributed by atoms with Gasteiger partial charge in [-0.2, -0.15) is 5.26 Å². The van der Waals surface area contributed by atoms with E-state index in [9.17, 15) is 0 Å². The molecule has 19 heavy (non-hydrogen) atoms. The van der Waals surface area contributed by atoms with Crippen molar-refractivity contribution in [3.63, 3.8) is 0 Å². The first kappa shape index (κ1) is 13.8. The number of nitriles is 1. The molecule has 1 aliphatic rings. The zero-order valence-corrected chi connectivity index (χ0v) is 11.6. The lowest BCUT2D eigenvalue weighted by Crippen LogP contribution is -2.41. The van der Waals surface area contributed by atoms with Gasteiger partial charge in [0.05, 0.1) is 17.4 Å². The molecule has 5 nitrogen and oxygen atoms in total. The molecule has 2 heterocycles. The van der Waals surface area contributed by atoms with Gasteiger partial charge in [0.15, 0.2) is 6.61 Å². The second-order valence-corrected chi connectivity index (χ2v) is 5.49. The fraction of sp³-hybridized carbons (Fsp3) is 0.538. The lowest BCUT2D eigenvalue weighted by atomic mass is 9.80. The Morgan fingerprint density at radius 2 is 1.89 bits per heavy atom. The first-order valence-electron chi connectivity index (χ1n) is 6.16. The van der Waals surface area contributed by atoms with Gasteiger partial charge in [0.1, 0.15) is 11.8 Å². The Hall–Kier alpha value is -1.58. The van der Waals surface area contributed by atoms with E-state index in [1.165, 1.54) is 0 Å². The highest BCUT2D eigenvalue weighted by Gasteiger charge is 2.51. The van der Waals surface area contributed by atoms with E-state index < -0.39 is 7.12 Å². The number of hydrogen-bond donors (Lipinski definition) is 0. The van der Waals surface area contributed by atoms with Crippen molar-refractivity contribution in [3.8, 4) is 11.8 Å². The number of ether oxygens (including phenoxy) is 1. The molecule has 0 amide bonds. The van der Waals surface area contributed by atoms with Crippen molar-refractivity contribution in [2.24, 2.45) is 0 Å². The summed E-state index contributed by atoms with van der Waals surface area (Å²) in [6.45, 7) is 7.98. The van der Waals surface area contributed by atoms with Gasteiger partial charge >= 0.3 is 7.12 Å². The Morgan fingerprint density at radius 1 is 1.26 bits per heavy atom.